The summed E-state index contributed by atoms with van der Waals surface area (Å²) < 4.78 is 10.8. The molecule has 0 aliphatic heterocycles. The molecule has 120 valence electrons. The van der Waals surface area contributed by atoms with Crippen molar-refractivity contribution in [3.63, 3.8) is 0 Å². The SMILES string of the molecule is CCOc1cc(Oc2cc(C)ccc2[N+](=O)[O-])ccc1[N+](=O)[O-]. The van der Waals surface area contributed by atoms with Crippen molar-refractivity contribution in [2.45, 2.75) is 13.8 Å². The normalized spacial score (nSPS) is 10.2. The van der Waals surface area contributed by atoms with Gasteiger partial charge in [0.05, 0.1) is 16.5 Å². The fraction of sp³-hybridized carbons (Fsp3) is 0.200. The molecular formula is C15H14N2O6. The number of nitro groups is 2. The third kappa shape index (κ3) is 3.73. The van der Waals surface area contributed by atoms with Crippen LogP contribution in [0.3, 0.4) is 0 Å². The van der Waals surface area contributed by atoms with Crippen LogP contribution in [0.5, 0.6) is 17.2 Å². The van der Waals surface area contributed by atoms with Gasteiger partial charge in [-0.2, -0.15) is 0 Å². The quantitative estimate of drug-likeness (QED) is 0.588. The minimum absolute atomic E-state index is 0.0466. The van der Waals surface area contributed by atoms with Crippen molar-refractivity contribution in [3.8, 4) is 17.2 Å². The van der Waals surface area contributed by atoms with E-state index in [2.05, 4.69) is 0 Å². The fourth-order valence-corrected chi connectivity index (χ4v) is 1.96. The van der Waals surface area contributed by atoms with Gasteiger partial charge in [0.2, 0.25) is 11.5 Å². The predicted octanol–water partition coefficient (Wildman–Crippen LogP) is 4.00. The number of aryl methyl sites for hydroxylation is 1. The molecule has 23 heavy (non-hydrogen) atoms. The lowest BCUT2D eigenvalue weighted by Gasteiger charge is -2.09. The summed E-state index contributed by atoms with van der Waals surface area (Å²) in [5, 5.41) is 22.0. The zero-order chi connectivity index (χ0) is 17.0. The van der Waals surface area contributed by atoms with Crippen molar-refractivity contribution in [2.24, 2.45) is 0 Å². The summed E-state index contributed by atoms with van der Waals surface area (Å²) in [4.78, 5) is 20.9. The van der Waals surface area contributed by atoms with Crippen LogP contribution in [0.15, 0.2) is 36.4 Å². The number of nitrogens with zero attached hydrogens (tertiary/aromatic N) is 2. The first-order valence-corrected chi connectivity index (χ1v) is 6.76. The molecule has 0 unspecified atom stereocenters. The first-order chi connectivity index (χ1) is 10.9. The maximum atomic E-state index is 11.0. The summed E-state index contributed by atoms with van der Waals surface area (Å²) in [5.74, 6) is 0.323. The van der Waals surface area contributed by atoms with E-state index >= 15 is 0 Å². The van der Waals surface area contributed by atoms with E-state index in [9.17, 15) is 20.2 Å². The van der Waals surface area contributed by atoms with Gasteiger partial charge in [0.1, 0.15) is 5.75 Å². The molecule has 0 amide bonds. The van der Waals surface area contributed by atoms with Gasteiger partial charge in [-0.25, -0.2) is 0 Å². The Morgan fingerprint density at radius 2 is 1.57 bits per heavy atom. The van der Waals surface area contributed by atoms with E-state index in [4.69, 9.17) is 9.47 Å². The zero-order valence-electron chi connectivity index (χ0n) is 12.5. The Labute approximate surface area is 131 Å². The highest BCUT2D eigenvalue weighted by Gasteiger charge is 2.19. The predicted molar refractivity (Wildman–Crippen MR) is 82.2 cm³/mol. The first-order valence-electron chi connectivity index (χ1n) is 6.76. The molecule has 8 heteroatoms. The Bertz CT molecular complexity index is 760. The van der Waals surface area contributed by atoms with Crippen molar-refractivity contribution in [2.75, 3.05) is 6.61 Å². The number of nitro benzene ring substituents is 2. The second-order valence-electron chi connectivity index (χ2n) is 4.65. The third-order valence-corrected chi connectivity index (χ3v) is 2.97. The first kappa shape index (κ1) is 16.2. The minimum atomic E-state index is -0.566. The van der Waals surface area contributed by atoms with Crippen LogP contribution in [0.4, 0.5) is 11.4 Å². The molecule has 2 rings (SSSR count). The highest BCUT2D eigenvalue weighted by molar-refractivity contribution is 5.54. The molecule has 0 bridgehead atoms. The maximum Gasteiger partial charge on any atom is 0.311 e. The highest BCUT2D eigenvalue weighted by Crippen LogP contribution is 2.36. The lowest BCUT2D eigenvalue weighted by molar-refractivity contribution is -0.385. The standard InChI is InChI=1S/C15H14N2O6/c1-3-22-14-9-11(5-7-12(14)16(18)19)23-15-8-10(2)4-6-13(15)17(20)21/h4-9H,3H2,1-2H3. The summed E-state index contributed by atoms with van der Waals surface area (Å²) in [7, 11) is 0. The van der Waals surface area contributed by atoms with Crippen molar-refractivity contribution in [1.82, 2.24) is 0 Å². The number of rotatable bonds is 6. The average Bonchev–Trinajstić information content (AvgIpc) is 2.47. The van der Waals surface area contributed by atoms with Crippen LogP contribution in [0.25, 0.3) is 0 Å². The number of hydrogen-bond donors (Lipinski definition) is 0. The smallest absolute Gasteiger partial charge is 0.311 e. The topological polar surface area (TPSA) is 105 Å². The monoisotopic (exact) mass is 318 g/mol. The summed E-state index contributed by atoms with van der Waals surface area (Å²) in [6.45, 7) is 3.72. The average molecular weight is 318 g/mol. The Balaban J connectivity index is 2.41. The van der Waals surface area contributed by atoms with Gasteiger partial charge in [0, 0.05) is 18.2 Å². The van der Waals surface area contributed by atoms with Crippen molar-refractivity contribution >= 4 is 11.4 Å². The molecule has 0 atom stereocenters. The molecule has 0 aliphatic rings. The van der Waals surface area contributed by atoms with Gasteiger partial charge >= 0.3 is 11.4 Å². The minimum Gasteiger partial charge on any atom is -0.487 e. The van der Waals surface area contributed by atoms with E-state index in [1.165, 1.54) is 30.3 Å². The second kappa shape index (κ2) is 6.73. The van der Waals surface area contributed by atoms with Gasteiger partial charge in [0.25, 0.3) is 0 Å². The van der Waals surface area contributed by atoms with Gasteiger partial charge in [-0.1, -0.05) is 6.07 Å². The molecule has 0 spiro atoms. The van der Waals surface area contributed by atoms with E-state index in [1.54, 1.807) is 19.9 Å². The van der Waals surface area contributed by atoms with E-state index in [0.717, 1.165) is 5.56 Å². The molecule has 0 aliphatic carbocycles. The number of benzene rings is 2. The van der Waals surface area contributed by atoms with E-state index in [1.807, 2.05) is 0 Å². The van der Waals surface area contributed by atoms with Crippen LogP contribution in [-0.4, -0.2) is 16.5 Å². The van der Waals surface area contributed by atoms with Crippen LogP contribution in [0.2, 0.25) is 0 Å². The highest BCUT2D eigenvalue weighted by atomic mass is 16.6. The van der Waals surface area contributed by atoms with Crippen LogP contribution in [0.1, 0.15) is 12.5 Å². The molecule has 0 aromatic heterocycles. The molecule has 2 aromatic rings. The van der Waals surface area contributed by atoms with Gasteiger partial charge in [-0.05, 0) is 31.5 Å². The van der Waals surface area contributed by atoms with Gasteiger partial charge in [-0.15, -0.1) is 0 Å². The molecule has 0 heterocycles. The Morgan fingerprint density at radius 1 is 0.957 bits per heavy atom. The van der Waals surface area contributed by atoms with Crippen LogP contribution >= 0.6 is 0 Å². The van der Waals surface area contributed by atoms with Crippen LogP contribution in [0, 0.1) is 27.2 Å². The number of hydrogen-bond acceptors (Lipinski definition) is 6. The van der Waals surface area contributed by atoms with Crippen molar-refractivity contribution in [3.05, 3.63) is 62.2 Å². The lowest BCUT2D eigenvalue weighted by Crippen LogP contribution is -1.98. The van der Waals surface area contributed by atoms with Crippen LogP contribution < -0.4 is 9.47 Å². The van der Waals surface area contributed by atoms with Gasteiger partial charge in [0.15, 0.2) is 0 Å². The Morgan fingerprint density at radius 3 is 2.17 bits per heavy atom. The van der Waals surface area contributed by atoms with Gasteiger partial charge < -0.3 is 9.47 Å². The van der Waals surface area contributed by atoms with E-state index < -0.39 is 9.85 Å². The molecule has 0 saturated heterocycles. The molecule has 0 fully saturated rings. The summed E-state index contributed by atoms with van der Waals surface area (Å²) >= 11 is 0. The molecule has 0 saturated carbocycles. The van der Waals surface area contributed by atoms with Crippen LogP contribution in [-0.2, 0) is 0 Å². The van der Waals surface area contributed by atoms with E-state index in [0.29, 0.717) is 0 Å². The Hall–Kier alpha value is -3.16. The zero-order valence-corrected chi connectivity index (χ0v) is 12.5. The largest absolute Gasteiger partial charge is 0.487 e. The van der Waals surface area contributed by atoms with Gasteiger partial charge in [-0.3, -0.25) is 20.2 Å². The molecule has 0 radical (unpaired) electrons. The molecule has 8 nitrogen and oxygen atoms in total. The second-order valence-corrected chi connectivity index (χ2v) is 4.65. The maximum absolute atomic E-state index is 11.0. The summed E-state index contributed by atoms with van der Waals surface area (Å²) in [5.41, 5.74) is 0.405. The molecule has 0 N–H and O–H groups in total. The van der Waals surface area contributed by atoms with E-state index in [-0.39, 0.29) is 35.2 Å². The third-order valence-electron chi connectivity index (χ3n) is 2.97. The molecular weight excluding hydrogens is 304 g/mol. The van der Waals surface area contributed by atoms with Crippen molar-refractivity contribution in [1.29, 1.82) is 0 Å². The van der Waals surface area contributed by atoms with Crippen molar-refractivity contribution < 1.29 is 19.3 Å². The Kier molecular flexibility index (Phi) is 4.75. The molecule has 2 aromatic carbocycles. The summed E-state index contributed by atoms with van der Waals surface area (Å²) in [6, 6.07) is 8.42. The fourth-order valence-electron chi connectivity index (χ4n) is 1.96. The summed E-state index contributed by atoms with van der Waals surface area (Å²) in [6.07, 6.45) is 0. The lowest BCUT2D eigenvalue weighted by atomic mass is 10.2. The number of ether oxygens (including phenoxy) is 2.